The van der Waals surface area contributed by atoms with Crippen molar-refractivity contribution in [1.82, 2.24) is 15.1 Å². The topological polar surface area (TPSA) is 125 Å². The van der Waals surface area contributed by atoms with Crippen LogP contribution in [0, 0.1) is 11.8 Å². The highest BCUT2D eigenvalue weighted by atomic mass is 16.6. The summed E-state index contributed by atoms with van der Waals surface area (Å²) < 4.78 is 12.1. The molecule has 3 saturated heterocycles. The Morgan fingerprint density at radius 2 is 2.05 bits per heavy atom. The van der Waals surface area contributed by atoms with Gasteiger partial charge < -0.3 is 29.7 Å². The zero-order valence-corrected chi connectivity index (χ0v) is 23.4. The number of nitrogens with zero attached hydrogens (tertiary/aromatic N) is 2. The summed E-state index contributed by atoms with van der Waals surface area (Å²) in [6.07, 6.45) is 7.29. The van der Waals surface area contributed by atoms with Gasteiger partial charge >= 0.3 is 5.97 Å². The van der Waals surface area contributed by atoms with Crippen molar-refractivity contribution in [1.29, 1.82) is 0 Å². The average molecular weight is 548 g/mol. The van der Waals surface area contributed by atoms with E-state index >= 15 is 0 Å². The number of aliphatic hydroxyl groups excluding tert-OH is 1. The van der Waals surface area contributed by atoms with Gasteiger partial charge in [0, 0.05) is 32.7 Å². The highest BCUT2D eigenvalue weighted by molar-refractivity contribution is 5.98. The van der Waals surface area contributed by atoms with Crippen molar-refractivity contribution in [3.8, 4) is 0 Å². The predicted octanol–water partition coefficient (Wildman–Crippen LogP) is 1.96. The molecule has 218 valence electrons. The maximum Gasteiger partial charge on any atom is 0.312 e. The van der Waals surface area contributed by atoms with E-state index in [0.29, 0.717) is 45.2 Å². The van der Waals surface area contributed by atoms with Crippen molar-refractivity contribution in [2.75, 3.05) is 32.8 Å². The molecular formula is C29H45N3O7. The first-order valence-corrected chi connectivity index (χ1v) is 14.3. The summed E-state index contributed by atoms with van der Waals surface area (Å²) in [6, 6.07) is -0.868. The summed E-state index contributed by atoms with van der Waals surface area (Å²) >= 11 is 0. The molecule has 10 heteroatoms. The molecule has 0 aromatic carbocycles. The number of fused-ring (bicyclic) bond motifs is 1. The van der Waals surface area contributed by atoms with Gasteiger partial charge in [-0.1, -0.05) is 31.9 Å². The molecule has 3 fully saturated rings. The lowest BCUT2D eigenvalue weighted by Crippen LogP contribution is -2.56. The highest BCUT2D eigenvalue weighted by Crippen LogP contribution is 2.58. The van der Waals surface area contributed by atoms with Crippen molar-refractivity contribution < 1.29 is 33.8 Å². The number of rotatable bonds is 17. The van der Waals surface area contributed by atoms with Crippen LogP contribution < -0.4 is 5.32 Å². The van der Waals surface area contributed by atoms with Crippen LogP contribution >= 0.6 is 0 Å². The predicted molar refractivity (Wildman–Crippen MR) is 145 cm³/mol. The smallest absolute Gasteiger partial charge is 0.312 e. The molecule has 2 bridgehead atoms. The Hall–Kier alpha value is -2.72. The number of aliphatic hydroxyl groups is 1. The van der Waals surface area contributed by atoms with Gasteiger partial charge in [-0.25, -0.2) is 0 Å². The van der Waals surface area contributed by atoms with Crippen LogP contribution in [-0.2, 0) is 28.7 Å². The number of allylic oxidation sites excluding steroid dienone is 1. The lowest BCUT2D eigenvalue weighted by Gasteiger charge is -2.36. The van der Waals surface area contributed by atoms with Crippen molar-refractivity contribution >= 4 is 23.7 Å². The SMILES string of the molecule is C=CCCC(=O)NC[C@@H](C)OC(=O)[C@@H]1[C@H]2C(=O)N(CCCO)[C@H](C(=O)N(CC=C)CCCCC)[C@]23CC[C@H]1O3. The minimum absolute atomic E-state index is 0.125. The van der Waals surface area contributed by atoms with E-state index in [-0.39, 0.29) is 37.4 Å². The second kappa shape index (κ2) is 14.1. The standard InChI is InChI=1S/C29H45N3O7/c1-5-8-10-16-31(15-7-3)27(36)25-29-14-13-21(39-29)23(24(29)26(35)32(25)17-11-18-33)28(37)38-20(4)19-30-22(34)12-9-6-2/h6-7,20-21,23-25,33H,2-3,5,8-19H2,1,4H3,(H,30,34)/t20-,21-,23+,24+,25-,29+/m1/s1. The number of hydrogen-bond acceptors (Lipinski definition) is 7. The number of esters is 1. The van der Waals surface area contributed by atoms with Crippen LogP contribution in [0.3, 0.4) is 0 Å². The Morgan fingerprint density at radius 1 is 1.28 bits per heavy atom. The quantitative estimate of drug-likeness (QED) is 0.162. The van der Waals surface area contributed by atoms with Crippen LogP contribution in [0.25, 0.3) is 0 Å². The first-order chi connectivity index (χ1) is 18.7. The summed E-state index contributed by atoms with van der Waals surface area (Å²) in [4.78, 5) is 56.5. The molecule has 39 heavy (non-hydrogen) atoms. The van der Waals surface area contributed by atoms with E-state index in [9.17, 15) is 24.3 Å². The Bertz CT molecular complexity index is 925. The third kappa shape index (κ3) is 6.54. The molecule has 10 nitrogen and oxygen atoms in total. The second-order valence-electron chi connectivity index (χ2n) is 10.8. The monoisotopic (exact) mass is 547 g/mol. The van der Waals surface area contributed by atoms with Gasteiger partial charge in [-0.3, -0.25) is 19.2 Å². The Morgan fingerprint density at radius 3 is 2.72 bits per heavy atom. The molecule has 0 radical (unpaired) electrons. The van der Waals surface area contributed by atoms with E-state index in [1.165, 1.54) is 4.90 Å². The summed E-state index contributed by atoms with van der Waals surface area (Å²) in [7, 11) is 0. The van der Waals surface area contributed by atoms with Crippen LogP contribution in [0.4, 0.5) is 0 Å². The maximum atomic E-state index is 14.0. The maximum absolute atomic E-state index is 14.0. The molecule has 3 aliphatic rings. The number of ether oxygens (including phenoxy) is 2. The normalized spacial score (nSPS) is 27.7. The number of likely N-dealkylation sites (tertiary alicyclic amines) is 1. The lowest BCUT2D eigenvalue weighted by molar-refractivity contribution is -0.159. The van der Waals surface area contributed by atoms with Crippen molar-refractivity contribution in [2.45, 2.75) is 89.1 Å². The molecule has 3 rings (SSSR count). The fraction of sp³-hybridized carbons (Fsp3) is 0.724. The van der Waals surface area contributed by atoms with Gasteiger partial charge in [-0.05, 0) is 39.0 Å². The molecule has 2 N–H and O–H groups in total. The minimum Gasteiger partial charge on any atom is -0.460 e. The fourth-order valence-corrected chi connectivity index (χ4v) is 6.25. The van der Waals surface area contributed by atoms with Crippen LogP contribution in [0.1, 0.15) is 65.2 Å². The molecule has 3 amide bonds. The molecule has 0 aromatic heterocycles. The van der Waals surface area contributed by atoms with Gasteiger partial charge in [-0.15, -0.1) is 13.2 Å². The van der Waals surface area contributed by atoms with E-state index in [1.54, 1.807) is 24.0 Å². The number of carbonyl (C=O) groups is 4. The van der Waals surface area contributed by atoms with E-state index in [4.69, 9.17) is 9.47 Å². The average Bonchev–Trinajstić information content (AvgIpc) is 3.56. The molecule has 0 aromatic rings. The van der Waals surface area contributed by atoms with Crippen LogP contribution in [-0.4, -0.2) is 95.2 Å². The van der Waals surface area contributed by atoms with Crippen LogP contribution in [0.15, 0.2) is 25.3 Å². The van der Waals surface area contributed by atoms with Crippen molar-refractivity contribution in [2.24, 2.45) is 11.8 Å². The fourth-order valence-electron chi connectivity index (χ4n) is 6.25. The molecular weight excluding hydrogens is 502 g/mol. The van der Waals surface area contributed by atoms with Gasteiger partial charge in [0.05, 0.1) is 24.5 Å². The summed E-state index contributed by atoms with van der Waals surface area (Å²) in [6.45, 7) is 12.3. The van der Waals surface area contributed by atoms with E-state index < -0.39 is 41.7 Å². The first-order valence-electron chi connectivity index (χ1n) is 14.3. The van der Waals surface area contributed by atoms with Crippen LogP contribution in [0.5, 0.6) is 0 Å². The van der Waals surface area contributed by atoms with Gasteiger partial charge in [0.15, 0.2) is 0 Å². The van der Waals surface area contributed by atoms with Gasteiger partial charge in [0.2, 0.25) is 17.7 Å². The first kappa shape index (κ1) is 30.8. The zero-order valence-electron chi connectivity index (χ0n) is 23.4. The molecule has 3 heterocycles. The van der Waals surface area contributed by atoms with Gasteiger partial charge in [-0.2, -0.15) is 0 Å². The summed E-state index contributed by atoms with van der Waals surface area (Å²) in [5, 5.41) is 12.2. The van der Waals surface area contributed by atoms with E-state index in [0.717, 1.165) is 19.3 Å². The second-order valence-corrected chi connectivity index (χ2v) is 10.8. The highest BCUT2D eigenvalue weighted by Gasteiger charge is 2.75. The van der Waals surface area contributed by atoms with Crippen molar-refractivity contribution in [3.63, 3.8) is 0 Å². The zero-order chi connectivity index (χ0) is 28.6. The number of hydrogen-bond donors (Lipinski definition) is 2. The molecule has 0 saturated carbocycles. The minimum atomic E-state index is -1.11. The molecule has 1 spiro atoms. The molecule has 0 unspecified atom stereocenters. The largest absolute Gasteiger partial charge is 0.460 e. The van der Waals surface area contributed by atoms with E-state index in [1.807, 2.05) is 0 Å². The Labute approximate surface area is 231 Å². The molecule has 3 aliphatic heterocycles. The number of unbranched alkanes of at least 4 members (excludes halogenated alkanes) is 2. The van der Waals surface area contributed by atoms with Gasteiger partial charge in [0.1, 0.15) is 17.7 Å². The third-order valence-electron chi connectivity index (χ3n) is 8.04. The summed E-state index contributed by atoms with van der Waals surface area (Å²) in [5.74, 6) is -2.86. The van der Waals surface area contributed by atoms with Gasteiger partial charge in [0.25, 0.3) is 0 Å². The molecule has 0 aliphatic carbocycles. The molecule has 6 atom stereocenters. The van der Waals surface area contributed by atoms with Crippen LogP contribution in [0.2, 0.25) is 0 Å². The number of carbonyl (C=O) groups excluding carboxylic acids is 4. The lowest BCUT2D eigenvalue weighted by atomic mass is 9.70. The van der Waals surface area contributed by atoms with Crippen molar-refractivity contribution in [3.05, 3.63) is 25.3 Å². The Balaban J connectivity index is 1.80. The Kier molecular flexibility index (Phi) is 11.1. The number of nitrogens with one attached hydrogen (secondary N) is 1. The summed E-state index contributed by atoms with van der Waals surface area (Å²) in [5.41, 5.74) is -1.11. The third-order valence-corrected chi connectivity index (χ3v) is 8.04. The number of amides is 3. The van der Waals surface area contributed by atoms with E-state index in [2.05, 4.69) is 25.4 Å².